The van der Waals surface area contributed by atoms with Crippen LogP contribution in [0, 0.1) is 13.8 Å². The maximum Gasteiger partial charge on any atom is 0.222 e. The van der Waals surface area contributed by atoms with Crippen LogP contribution in [-0.4, -0.2) is 29.4 Å². The Hall–Kier alpha value is -2.14. The number of hydrogen-bond acceptors (Lipinski definition) is 3. The predicted octanol–water partition coefficient (Wildman–Crippen LogP) is 3.02. The van der Waals surface area contributed by atoms with Crippen LogP contribution in [0.3, 0.4) is 0 Å². The molecule has 0 fully saturated rings. The highest BCUT2D eigenvalue weighted by atomic mass is 16.5. The fourth-order valence-electron chi connectivity index (χ4n) is 3.25. The van der Waals surface area contributed by atoms with Crippen molar-refractivity contribution in [3.05, 3.63) is 46.8 Å². The molecule has 0 spiro atoms. The van der Waals surface area contributed by atoms with Crippen molar-refractivity contribution in [2.24, 2.45) is 0 Å². The summed E-state index contributed by atoms with van der Waals surface area (Å²) in [5, 5.41) is 7.72. The molecular formula is C19H25N3O2. The van der Waals surface area contributed by atoms with Gasteiger partial charge >= 0.3 is 0 Å². The number of fused-ring (bicyclic) bond motifs is 1. The highest BCUT2D eigenvalue weighted by molar-refractivity contribution is 5.76. The Balaban J connectivity index is 1.84. The molecule has 24 heavy (non-hydrogen) atoms. The van der Waals surface area contributed by atoms with Gasteiger partial charge in [0.25, 0.3) is 0 Å². The molecule has 0 aliphatic heterocycles. The number of aryl methyl sites for hydroxylation is 2. The van der Waals surface area contributed by atoms with E-state index in [1.165, 1.54) is 16.8 Å². The largest absolute Gasteiger partial charge is 0.384 e. The normalized spacial score (nSPS) is 16.7. The van der Waals surface area contributed by atoms with Crippen molar-refractivity contribution in [2.45, 2.75) is 45.6 Å². The van der Waals surface area contributed by atoms with Gasteiger partial charge in [-0.3, -0.25) is 4.79 Å². The van der Waals surface area contributed by atoms with E-state index in [-0.39, 0.29) is 11.9 Å². The second-order valence-corrected chi connectivity index (χ2v) is 6.48. The van der Waals surface area contributed by atoms with E-state index in [9.17, 15) is 4.79 Å². The van der Waals surface area contributed by atoms with Gasteiger partial charge in [0.05, 0.1) is 24.5 Å². The fraction of sp³-hybridized carbons (Fsp3) is 0.474. The molecule has 2 aromatic rings. The Labute approximate surface area is 143 Å². The van der Waals surface area contributed by atoms with Gasteiger partial charge in [0.2, 0.25) is 5.91 Å². The molecule has 1 aliphatic carbocycles. The maximum absolute atomic E-state index is 12.0. The SMILES string of the molecule is COCCC(=O)NC1CCCc2c1cnn2-c1ccc(C)c(C)c1. The van der Waals surface area contributed by atoms with Gasteiger partial charge in [-0.2, -0.15) is 5.10 Å². The van der Waals surface area contributed by atoms with E-state index in [1.54, 1.807) is 7.11 Å². The van der Waals surface area contributed by atoms with Crippen LogP contribution in [0.25, 0.3) is 5.69 Å². The summed E-state index contributed by atoms with van der Waals surface area (Å²) in [4.78, 5) is 12.0. The quantitative estimate of drug-likeness (QED) is 0.918. The lowest BCUT2D eigenvalue weighted by Gasteiger charge is -2.24. The van der Waals surface area contributed by atoms with E-state index in [2.05, 4.69) is 42.5 Å². The number of carbonyl (C=O) groups is 1. The minimum Gasteiger partial charge on any atom is -0.384 e. The standard InChI is InChI=1S/C19H25N3O2/c1-13-7-8-15(11-14(13)2)22-18-6-4-5-17(16(18)12-20-22)21-19(23)9-10-24-3/h7-8,11-12,17H,4-6,9-10H2,1-3H3,(H,21,23). The third kappa shape index (κ3) is 3.36. The Bertz CT molecular complexity index is 736. The molecule has 1 aliphatic rings. The zero-order chi connectivity index (χ0) is 17.1. The summed E-state index contributed by atoms with van der Waals surface area (Å²) in [5.74, 6) is 0.0358. The molecule has 1 aromatic heterocycles. The number of benzene rings is 1. The topological polar surface area (TPSA) is 56.1 Å². The monoisotopic (exact) mass is 327 g/mol. The van der Waals surface area contributed by atoms with Crippen LogP contribution < -0.4 is 5.32 Å². The Kier molecular flexibility index (Phi) is 5.00. The van der Waals surface area contributed by atoms with Crippen molar-refractivity contribution in [1.29, 1.82) is 0 Å². The molecule has 1 unspecified atom stereocenters. The summed E-state index contributed by atoms with van der Waals surface area (Å²) in [6.07, 6.45) is 5.31. The molecule has 0 bridgehead atoms. The van der Waals surface area contributed by atoms with Gasteiger partial charge in [-0.25, -0.2) is 4.68 Å². The molecule has 1 N–H and O–H groups in total. The van der Waals surface area contributed by atoms with Crippen LogP contribution in [-0.2, 0) is 16.0 Å². The van der Waals surface area contributed by atoms with Gasteiger partial charge < -0.3 is 10.1 Å². The highest BCUT2D eigenvalue weighted by Gasteiger charge is 2.26. The number of amides is 1. The number of carbonyl (C=O) groups excluding carboxylic acids is 1. The van der Waals surface area contributed by atoms with E-state index >= 15 is 0 Å². The minimum absolute atomic E-state index is 0.0358. The molecule has 0 saturated heterocycles. The lowest BCUT2D eigenvalue weighted by molar-refractivity contribution is -0.122. The fourth-order valence-corrected chi connectivity index (χ4v) is 3.25. The van der Waals surface area contributed by atoms with Crippen molar-refractivity contribution >= 4 is 5.91 Å². The molecule has 5 heteroatoms. The van der Waals surface area contributed by atoms with E-state index < -0.39 is 0 Å². The molecular weight excluding hydrogens is 302 g/mol. The van der Waals surface area contributed by atoms with Crippen LogP contribution in [0.1, 0.15) is 47.7 Å². The lowest BCUT2D eigenvalue weighted by atomic mass is 9.92. The number of rotatable bonds is 5. The summed E-state index contributed by atoms with van der Waals surface area (Å²) < 4.78 is 7.00. The lowest BCUT2D eigenvalue weighted by Crippen LogP contribution is -2.31. The first kappa shape index (κ1) is 16.7. The molecule has 1 heterocycles. The van der Waals surface area contributed by atoms with Gasteiger partial charge in [0.15, 0.2) is 0 Å². The molecule has 5 nitrogen and oxygen atoms in total. The molecule has 3 rings (SSSR count). The van der Waals surface area contributed by atoms with Crippen LogP contribution in [0.4, 0.5) is 0 Å². The maximum atomic E-state index is 12.0. The molecule has 128 valence electrons. The molecule has 1 amide bonds. The summed E-state index contributed by atoms with van der Waals surface area (Å²) in [5.41, 5.74) is 5.98. The van der Waals surface area contributed by atoms with Crippen LogP contribution >= 0.6 is 0 Å². The first-order valence-corrected chi connectivity index (χ1v) is 8.53. The summed E-state index contributed by atoms with van der Waals surface area (Å²) in [6.45, 7) is 4.68. The number of nitrogens with zero attached hydrogens (tertiary/aromatic N) is 2. The number of ether oxygens (including phenoxy) is 1. The van der Waals surface area contributed by atoms with Crippen LogP contribution in [0.2, 0.25) is 0 Å². The second kappa shape index (κ2) is 7.18. The minimum atomic E-state index is 0.0358. The van der Waals surface area contributed by atoms with Crippen molar-refractivity contribution in [3.63, 3.8) is 0 Å². The Morgan fingerprint density at radius 2 is 2.21 bits per heavy atom. The third-order valence-corrected chi connectivity index (χ3v) is 4.79. The zero-order valence-corrected chi connectivity index (χ0v) is 14.6. The summed E-state index contributed by atoms with van der Waals surface area (Å²) in [6, 6.07) is 6.46. The summed E-state index contributed by atoms with van der Waals surface area (Å²) in [7, 11) is 1.61. The number of nitrogens with one attached hydrogen (secondary N) is 1. The first-order valence-electron chi connectivity index (χ1n) is 8.53. The Morgan fingerprint density at radius 1 is 1.38 bits per heavy atom. The van der Waals surface area contributed by atoms with Crippen molar-refractivity contribution < 1.29 is 9.53 Å². The van der Waals surface area contributed by atoms with E-state index in [1.807, 2.05) is 10.9 Å². The van der Waals surface area contributed by atoms with Crippen molar-refractivity contribution in [3.8, 4) is 5.69 Å². The van der Waals surface area contributed by atoms with E-state index in [0.717, 1.165) is 30.5 Å². The van der Waals surface area contributed by atoms with Gasteiger partial charge in [0.1, 0.15) is 0 Å². The third-order valence-electron chi connectivity index (χ3n) is 4.79. The zero-order valence-electron chi connectivity index (χ0n) is 14.6. The average Bonchev–Trinajstić information content (AvgIpc) is 3.00. The Morgan fingerprint density at radius 3 is 2.96 bits per heavy atom. The average molecular weight is 327 g/mol. The smallest absolute Gasteiger partial charge is 0.222 e. The summed E-state index contributed by atoms with van der Waals surface area (Å²) >= 11 is 0. The van der Waals surface area contributed by atoms with Gasteiger partial charge in [-0.05, 0) is 56.4 Å². The van der Waals surface area contributed by atoms with Crippen LogP contribution in [0.5, 0.6) is 0 Å². The molecule has 1 aromatic carbocycles. The predicted molar refractivity (Wildman–Crippen MR) is 93.4 cm³/mol. The van der Waals surface area contributed by atoms with Gasteiger partial charge in [-0.15, -0.1) is 0 Å². The molecule has 0 saturated carbocycles. The van der Waals surface area contributed by atoms with E-state index in [4.69, 9.17) is 4.74 Å². The van der Waals surface area contributed by atoms with Gasteiger partial charge in [-0.1, -0.05) is 6.07 Å². The number of aromatic nitrogens is 2. The highest BCUT2D eigenvalue weighted by Crippen LogP contribution is 2.31. The second-order valence-electron chi connectivity index (χ2n) is 6.48. The molecule has 0 radical (unpaired) electrons. The molecule has 1 atom stereocenters. The van der Waals surface area contributed by atoms with Crippen molar-refractivity contribution in [2.75, 3.05) is 13.7 Å². The van der Waals surface area contributed by atoms with E-state index in [0.29, 0.717) is 13.0 Å². The van der Waals surface area contributed by atoms with Crippen LogP contribution in [0.15, 0.2) is 24.4 Å². The first-order chi connectivity index (χ1) is 11.6. The van der Waals surface area contributed by atoms with Crippen molar-refractivity contribution in [1.82, 2.24) is 15.1 Å². The van der Waals surface area contributed by atoms with Gasteiger partial charge in [0, 0.05) is 24.8 Å². The number of hydrogen-bond donors (Lipinski definition) is 1. The number of methoxy groups -OCH3 is 1.